The van der Waals surface area contributed by atoms with Crippen molar-refractivity contribution < 1.29 is 14.0 Å². The van der Waals surface area contributed by atoms with Gasteiger partial charge in [-0.3, -0.25) is 4.79 Å². The molecule has 0 saturated carbocycles. The Bertz CT molecular complexity index is 896. The van der Waals surface area contributed by atoms with E-state index >= 15 is 0 Å². The van der Waals surface area contributed by atoms with Crippen LogP contribution in [0.2, 0.25) is 0 Å². The van der Waals surface area contributed by atoms with Gasteiger partial charge in [0, 0.05) is 24.2 Å². The fraction of sp³-hybridized carbons (Fsp3) is 0.300. The van der Waals surface area contributed by atoms with Gasteiger partial charge in [-0.2, -0.15) is 5.16 Å². The highest BCUT2D eigenvalue weighted by Gasteiger charge is 2.09. The number of pyridine rings is 1. The van der Waals surface area contributed by atoms with E-state index in [4.69, 9.17) is 14.0 Å². The molecule has 6 nitrogen and oxygen atoms in total. The number of nitrogens with one attached hydrogen (secondary N) is 1. The molecule has 136 valence electrons. The van der Waals surface area contributed by atoms with Crippen LogP contribution in [0, 0.1) is 0 Å². The summed E-state index contributed by atoms with van der Waals surface area (Å²) in [6.07, 6.45) is 2.57. The summed E-state index contributed by atoms with van der Waals surface area (Å²) in [4.78, 5) is 15.4. The van der Waals surface area contributed by atoms with Crippen molar-refractivity contribution in [1.82, 2.24) is 10.1 Å². The third kappa shape index (κ3) is 4.75. The standard InChI is InChI=1S/C20H22N2O4/c1-13(2)24-20-11-15(8-9-21-20)10-14(3)25-17-6-4-16(5-7-17)18-12-19(23)22-26-18/h4-9,11-14H,10H2,1-3H3,(H,22,23). The van der Waals surface area contributed by atoms with Gasteiger partial charge in [0.1, 0.15) is 5.75 Å². The van der Waals surface area contributed by atoms with E-state index in [0.29, 0.717) is 11.6 Å². The van der Waals surface area contributed by atoms with Crippen molar-refractivity contribution in [2.75, 3.05) is 0 Å². The minimum atomic E-state index is -0.257. The highest BCUT2D eigenvalue weighted by Crippen LogP contribution is 2.22. The Balaban J connectivity index is 1.61. The van der Waals surface area contributed by atoms with Gasteiger partial charge in [-0.05, 0) is 56.7 Å². The number of ether oxygens (including phenoxy) is 2. The van der Waals surface area contributed by atoms with Gasteiger partial charge >= 0.3 is 0 Å². The normalized spacial score (nSPS) is 12.2. The fourth-order valence-electron chi connectivity index (χ4n) is 2.61. The molecule has 1 unspecified atom stereocenters. The van der Waals surface area contributed by atoms with Gasteiger partial charge in [0.05, 0.1) is 18.3 Å². The van der Waals surface area contributed by atoms with Crippen LogP contribution in [0.5, 0.6) is 11.6 Å². The second-order valence-electron chi connectivity index (χ2n) is 6.40. The molecule has 0 aliphatic rings. The summed E-state index contributed by atoms with van der Waals surface area (Å²) in [5.74, 6) is 1.89. The summed E-state index contributed by atoms with van der Waals surface area (Å²) >= 11 is 0. The van der Waals surface area contributed by atoms with Gasteiger partial charge in [-0.15, -0.1) is 0 Å². The van der Waals surface area contributed by atoms with Crippen molar-refractivity contribution in [1.29, 1.82) is 0 Å². The fourth-order valence-corrected chi connectivity index (χ4v) is 2.61. The van der Waals surface area contributed by atoms with Crippen LogP contribution < -0.4 is 15.0 Å². The molecule has 0 radical (unpaired) electrons. The predicted octanol–water partition coefficient (Wildman–Crippen LogP) is 3.83. The maximum Gasteiger partial charge on any atom is 0.280 e. The molecule has 0 saturated heterocycles. The number of nitrogens with zero attached hydrogens (tertiary/aromatic N) is 1. The highest BCUT2D eigenvalue weighted by molar-refractivity contribution is 5.57. The van der Waals surface area contributed by atoms with E-state index in [9.17, 15) is 4.79 Å². The minimum absolute atomic E-state index is 0.0136. The summed E-state index contributed by atoms with van der Waals surface area (Å²) in [5.41, 5.74) is 1.66. The zero-order valence-electron chi connectivity index (χ0n) is 15.1. The predicted molar refractivity (Wildman–Crippen MR) is 98.6 cm³/mol. The summed E-state index contributed by atoms with van der Waals surface area (Å²) in [6.45, 7) is 5.97. The van der Waals surface area contributed by atoms with E-state index in [1.54, 1.807) is 6.20 Å². The first-order chi connectivity index (χ1) is 12.5. The Kier molecular flexibility index (Phi) is 5.41. The molecule has 1 N–H and O–H groups in total. The van der Waals surface area contributed by atoms with Crippen LogP contribution >= 0.6 is 0 Å². The lowest BCUT2D eigenvalue weighted by Gasteiger charge is -2.16. The van der Waals surface area contributed by atoms with Crippen molar-refractivity contribution in [2.45, 2.75) is 39.4 Å². The van der Waals surface area contributed by atoms with Gasteiger partial charge in [-0.1, -0.05) is 0 Å². The van der Waals surface area contributed by atoms with Gasteiger partial charge < -0.3 is 14.0 Å². The van der Waals surface area contributed by atoms with Gasteiger partial charge in [0.15, 0.2) is 5.76 Å². The quantitative estimate of drug-likeness (QED) is 0.698. The molecule has 0 aliphatic heterocycles. The maximum absolute atomic E-state index is 11.1. The van der Waals surface area contributed by atoms with E-state index in [2.05, 4.69) is 10.1 Å². The molecular weight excluding hydrogens is 332 g/mol. The van der Waals surface area contributed by atoms with Crippen LogP contribution in [-0.2, 0) is 6.42 Å². The number of hydrogen-bond donors (Lipinski definition) is 1. The minimum Gasteiger partial charge on any atom is -0.490 e. The second-order valence-corrected chi connectivity index (χ2v) is 6.40. The first kappa shape index (κ1) is 17.8. The van der Waals surface area contributed by atoms with E-state index in [1.165, 1.54) is 6.07 Å². The Morgan fingerprint density at radius 3 is 2.50 bits per heavy atom. The Hall–Kier alpha value is -3.02. The van der Waals surface area contributed by atoms with Crippen LogP contribution in [0.25, 0.3) is 11.3 Å². The molecule has 0 fully saturated rings. The largest absolute Gasteiger partial charge is 0.490 e. The molecule has 0 amide bonds. The topological polar surface area (TPSA) is 77.4 Å². The van der Waals surface area contributed by atoms with Crippen LogP contribution in [-0.4, -0.2) is 22.3 Å². The lowest BCUT2D eigenvalue weighted by molar-refractivity contribution is 0.220. The van der Waals surface area contributed by atoms with Gasteiger partial charge in [-0.25, -0.2) is 4.98 Å². The molecule has 3 aromatic rings. The van der Waals surface area contributed by atoms with Gasteiger partial charge in [0.2, 0.25) is 5.88 Å². The summed E-state index contributed by atoms with van der Waals surface area (Å²) < 4.78 is 16.7. The van der Waals surface area contributed by atoms with Crippen molar-refractivity contribution in [3.05, 3.63) is 64.6 Å². The molecule has 26 heavy (non-hydrogen) atoms. The van der Waals surface area contributed by atoms with Crippen molar-refractivity contribution in [3.63, 3.8) is 0 Å². The molecule has 0 aliphatic carbocycles. The SMILES string of the molecule is CC(C)Oc1cc(CC(C)Oc2ccc(-c3cc(=O)[nH]o3)cc2)ccn1. The zero-order valence-corrected chi connectivity index (χ0v) is 15.1. The summed E-state index contributed by atoms with van der Waals surface area (Å²) in [6, 6.07) is 12.8. The number of benzene rings is 1. The molecule has 3 rings (SSSR count). The Morgan fingerprint density at radius 1 is 1.08 bits per heavy atom. The molecule has 2 heterocycles. The monoisotopic (exact) mass is 354 g/mol. The van der Waals surface area contributed by atoms with E-state index < -0.39 is 0 Å². The summed E-state index contributed by atoms with van der Waals surface area (Å²) in [7, 11) is 0. The van der Waals surface area contributed by atoms with Gasteiger partial charge in [0.25, 0.3) is 5.56 Å². The first-order valence-electron chi connectivity index (χ1n) is 8.57. The first-order valence-corrected chi connectivity index (χ1v) is 8.57. The van der Waals surface area contributed by atoms with Crippen molar-refractivity contribution >= 4 is 0 Å². The molecular formula is C20H22N2O4. The van der Waals surface area contributed by atoms with E-state index in [0.717, 1.165) is 23.3 Å². The zero-order chi connectivity index (χ0) is 18.5. The van der Waals surface area contributed by atoms with Crippen LogP contribution in [0.3, 0.4) is 0 Å². The molecule has 1 atom stereocenters. The molecule has 0 spiro atoms. The number of aromatic amines is 1. The average Bonchev–Trinajstić information content (AvgIpc) is 3.01. The molecule has 2 aromatic heterocycles. The number of H-pyrrole nitrogens is 1. The number of rotatable bonds is 7. The Morgan fingerprint density at radius 2 is 1.85 bits per heavy atom. The molecule has 0 bridgehead atoms. The maximum atomic E-state index is 11.1. The second kappa shape index (κ2) is 7.91. The third-order valence-electron chi connectivity index (χ3n) is 3.68. The lowest BCUT2D eigenvalue weighted by Crippen LogP contribution is -2.15. The third-order valence-corrected chi connectivity index (χ3v) is 3.68. The molecule has 1 aromatic carbocycles. The van der Waals surface area contributed by atoms with Crippen molar-refractivity contribution in [3.8, 4) is 23.0 Å². The lowest BCUT2D eigenvalue weighted by atomic mass is 10.1. The smallest absolute Gasteiger partial charge is 0.280 e. The number of hydrogen-bond acceptors (Lipinski definition) is 5. The van der Waals surface area contributed by atoms with Crippen molar-refractivity contribution in [2.24, 2.45) is 0 Å². The van der Waals surface area contributed by atoms with E-state index in [-0.39, 0.29) is 17.8 Å². The van der Waals surface area contributed by atoms with Crippen LogP contribution in [0.15, 0.2) is 58.0 Å². The Labute approximate surface area is 151 Å². The average molecular weight is 354 g/mol. The van der Waals surface area contributed by atoms with E-state index in [1.807, 2.05) is 57.2 Å². The summed E-state index contributed by atoms with van der Waals surface area (Å²) in [5, 5.41) is 2.28. The highest BCUT2D eigenvalue weighted by atomic mass is 16.5. The van der Waals surface area contributed by atoms with Crippen LogP contribution in [0.4, 0.5) is 0 Å². The molecule has 6 heteroatoms. The van der Waals surface area contributed by atoms with Crippen LogP contribution in [0.1, 0.15) is 26.3 Å². The number of aromatic nitrogens is 2.